The monoisotopic (exact) mass is 440 g/mol. The van der Waals surface area contributed by atoms with Gasteiger partial charge in [-0.25, -0.2) is 18.1 Å². The van der Waals surface area contributed by atoms with Gasteiger partial charge in [-0.15, -0.1) is 0 Å². The van der Waals surface area contributed by atoms with E-state index < -0.39 is 15.9 Å². The molecule has 31 heavy (non-hydrogen) atoms. The molecule has 1 aliphatic carbocycles. The minimum atomic E-state index is -3.53. The Kier molecular flexibility index (Phi) is 5.40. The fraction of sp³-hybridized carbons (Fsp3) is 0.158. The molecular formula is C19H20N8O3S. The predicted octanol–water partition coefficient (Wildman–Crippen LogP) is 1.35. The quantitative estimate of drug-likeness (QED) is 0.367. The molecule has 12 heteroatoms. The maximum absolute atomic E-state index is 11.8. The standard InChI is InChI=1S/C19H20N8O3S/c1-21-31(29,30)14-6-4-12(5-7-14)25-19-22-10-15(17(20)28)18(26-19)24-13-3-2-11-9-23-27-16(11)8-13/h4-10,21H,2-3H2,1H3,(H2,20,28)(H,23,27)(H2,22,24,25,26). The second-order valence-corrected chi connectivity index (χ2v) is 8.67. The number of nitrogens with two attached hydrogens (primary N) is 1. The second-order valence-electron chi connectivity index (χ2n) is 6.78. The predicted molar refractivity (Wildman–Crippen MR) is 115 cm³/mol. The summed E-state index contributed by atoms with van der Waals surface area (Å²) in [4.78, 5) is 20.5. The first kappa shape index (κ1) is 20.5. The van der Waals surface area contributed by atoms with Crippen LogP contribution in [0, 0.1) is 0 Å². The summed E-state index contributed by atoms with van der Waals surface area (Å²) in [7, 11) is -2.18. The van der Waals surface area contributed by atoms with Gasteiger partial charge in [0.15, 0.2) is 0 Å². The van der Waals surface area contributed by atoms with Gasteiger partial charge in [0.05, 0.1) is 16.8 Å². The molecule has 3 aromatic rings. The van der Waals surface area contributed by atoms with Gasteiger partial charge in [0.25, 0.3) is 5.91 Å². The highest BCUT2D eigenvalue weighted by Crippen LogP contribution is 2.25. The molecule has 6 N–H and O–H groups in total. The van der Waals surface area contributed by atoms with Gasteiger partial charge in [-0.05, 0) is 55.8 Å². The molecule has 0 spiro atoms. The zero-order chi connectivity index (χ0) is 22.0. The van der Waals surface area contributed by atoms with Gasteiger partial charge >= 0.3 is 0 Å². The Labute approximate surface area is 178 Å². The lowest BCUT2D eigenvalue weighted by Gasteiger charge is -2.16. The first-order chi connectivity index (χ1) is 14.9. The highest BCUT2D eigenvalue weighted by atomic mass is 32.2. The molecule has 2 heterocycles. The number of fused-ring (bicyclic) bond motifs is 1. The molecule has 1 aromatic carbocycles. The van der Waals surface area contributed by atoms with Crippen molar-refractivity contribution >= 4 is 39.5 Å². The lowest BCUT2D eigenvalue weighted by Crippen LogP contribution is -2.18. The number of amides is 1. The average molecular weight is 440 g/mol. The summed E-state index contributed by atoms with van der Waals surface area (Å²) in [5.74, 6) is -0.168. The van der Waals surface area contributed by atoms with Crippen molar-refractivity contribution in [3.05, 3.63) is 59.2 Å². The van der Waals surface area contributed by atoms with E-state index in [0.717, 1.165) is 29.8 Å². The third-order valence-corrected chi connectivity index (χ3v) is 6.19. The largest absolute Gasteiger partial charge is 0.365 e. The van der Waals surface area contributed by atoms with Gasteiger partial charge in [0.2, 0.25) is 16.0 Å². The number of benzene rings is 1. The molecule has 0 unspecified atom stereocenters. The van der Waals surface area contributed by atoms with Gasteiger partial charge in [0, 0.05) is 17.6 Å². The van der Waals surface area contributed by atoms with Gasteiger partial charge in [-0.1, -0.05) is 0 Å². The molecule has 1 amide bonds. The number of aromatic nitrogens is 4. The van der Waals surface area contributed by atoms with Crippen LogP contribution in [0.2, 0.25) is 0 Å². The smallest absolute Gasteiger partial charge is 0.254 e. The van der Waals surface area contributed by atoms with Gasteiger partial charge in [-0.2, -0.15) is 10.1 Å². The molecule has 0 fully saturated rings. The van der Waals surface area contributed by atoms with Crippen LogP contribution in [0.25, 0.3) is 6.08 Å². The number of hydrogen-bond acceptors (Lipinski definition) is 8. The number of rotatable bonds is 7. The van der Waals surface area contributed by atoms with Crippen LogP contribution < -0.4 is 21.1 Å². The van der Waals surface area contributed by atoms with Crippen LogP contribution in [0.1, 0.15) is 28.0 Å². The minimum absolute atomic E-state index is 0.135. The number of sulfonamides is 1. The molecule has 2 aromatic heterocycles. The zero-order valence-corrected chi connectivity index (χ0v) is 17.3. The number of primary amides is 1. The summed E-state index contributed by atoms with van der Waals surface area (Å²) in [6, 6.07) is 6.10. The number of anilines is 3. The molecular weight excluding hydrogens is 420 g/mol. The summed E-state index contributed by atoms with van der Waals surface area (Å²) >= 11 is 0. The Hall–Kier alpha value is -3.77. The van der Waals surface area contributed by atoms with E-state index in [2.05, 4.69) is 35.5 Å². The lowest BCUT2D eigenvalue weighted by atomic mass is 10.0. The number of nitrogens with zero attached hydrogens (tertiary/aromatic N) is 3. The summed E-state index contributed by atoms with van der Waals surface area (Å²) in [5, 5.41) is 13.1. The van der Waals surface area contributed by atoms with Crippen molar-refractivity contribution in [2.75, 3.05) is 17.7 Å². The molecule has 4 rings (SSSR count). The lowest BCUT2D eigenvalue weighted by molar-refractivity contribution is 0.100. The Morgan fingerprint density at radius 3 is 2.61 bits per heavy atom. The highest BCUT2D eigenvalue weighted by molar-refractivity contribution is 7.89. The molecule has 11 nitrogen and oxygen atoms in total. The van der Waals surface area contributed by atoms with Gasteiger partial charge in [0.1, 0.15) is 11.4 Å². The SMILES string of the molecule is CNS(=O)(=O)c1ccc(Nc2ncc(C(N)=O)c(NC3=Cc4[nH]ncc4CC3)n2)cc1. The van der Waals surface area contributed by atoms with Crippen LogP contribution in [0.3, 0.4) is 0 Å². The van der Waals surface area contributed by atoms with Crippen LogP contribution in [-0.4, -0.2) is 41.5 Å². The number of nitrogens with one attached hydrogen (secondary N) is 4. The van der Waals surface area contributed by atoms with E-state index in [1.54, 1.807) is 18.3 Å². The van der Waals surface area contributed by atoms with E-state index in [0.29, 0.717) is 5.69 Å². The van der Waals surface area contributed by atoms with Crippen molar-refractivity contribution in [2.45, 2.75) is 17.7 Å². The van der Waals surface area contributed by atoms with Crippen molar-refractivity contribution in [3.63, 3.8) is 0 Å². The maximum Gasteiger partial charge on any atom is 0.254 e. The van der Waals surface area contributed by atoms with Crippen molar-refractivity contribution in [3.8, 4) is 0 Å². The van der Waals surface area contributed by atoms with Crippen LogP contribution in [-0.2, 0) is 16.4 Å². The summed E-state index contributed by atoms with van der Waals surface area (Å²) in [6.07, 6.45) is 6.56. The van der Waals surface area contributed by atoms with E-state index in [-0.39, 0.29) is 22.2 Å². The Bertz CT molecular complexity index is 1270. The summed E-state index contributed by atoms with van der Waals surface area (Å²) in [6.45, 7) is 0. The number of allylic oxidation sites excluding steroid dienone is 1. The molecule has 160 valence electrons. The number of carbonyl (C=O) groups excluding carboxylic acids is 1. The first-order valence-corrected chi connectivity index (χ1v) is 10.8. The fourth-order valence-electron chi connectivity index (χ4n) is 3.09. The third kappa shape index (κ3) is 4.39. The molecule has 0 saturated carbocycles. The van der Waals surface area contributed by atoms with E-state index in [1.807, 2.05) is 6.08 Å². The third-order valence-electron chi connectivity index (χ3n) is 4.76. The zero-order valence-electron chi connectivity index (χ0n) is 16.5. The Morgan fingerprint density at radius 1 is 1.13 bits per heavy atom. The van der Waals surface area contributed by atoms with Crippen molar-refractivity contribution in [2.24, 2.45) is 5.73 Å². The molecule has 0 atom stereocenters. The molecule has 0 bridgehead atoms. The van der Waals surface area contributed by atoms with Crippen molar-refractivity contribution < 1.29 is 13.2 Å². The van der Waals surface area contributed by atoms with Crippen LogP contribution in [0.15, 0.2) is 47.3 Å². The van der Waals surface area contributed by atoms with E-state index in [4.69, 9.17) is 5.73 Å². The van der Waals surface area contributed by atoms with E-state index >= 15 is 0 Å². The number of H-pyrrole nitrogens is 1. The first-order valence-electron chi connectivity index (χ1n) is 9.33. The van der Waals surface area contributed by atoms with Crippen molar-refractivity contribution in [1.82, 2.24) is 24.9 Å². The molecule has 1 aliphatic rings. The molecule has 0 radical (unpaired) electrons. The van der Waals surface area contributed by atoms with Crippen molar-refractivity contribution in [1.29, 1.82) is 0 Å². The van der Waals surface area contributed by atoms with Crippen LogP contribution in [0.5, 0.6) is 0 Å². The van der Waals surface area contributed by atoms with E-state index in [9.17, 15) is 13.2 Å². The van der Waals surface area contributed by atoms with Gasteiger partial charge in [-0.3, -0.25) is 9.89 Å². The topological polar surface area (TPSA) is 168 Å². The summed E-state index contributed by atoms with van der Waals surface area (Å²) in [5.41, 5.74) is 9.07. The maximum atomic E-state index is 11.8. The van der Waals surface area contributed by atoms with E-state index in [1.165, 1.54) is 25.4 Å². The summed E-state index contributed by atoms with van der Waals surface area (Å²) < 4.78 is 25.9. The number of hydrogen-bond donors (Lipinski definition) is 5. The Morgan fingerprint density at radius 2 is 1.90 bits per heavy atom. The molecule has 0 aliphatic heterocycles. The Balaban J connectivity index is 1.58. The van der Waals surface area contributed by atoms with Crippen LogP contribution >= 0.6 is 0 Å². The number of carbonyl (C=O) groups is 1. The molecule has 0 saturated heterocycles. The van der Waals surface area contributed by atoms with Gasteiger partial charge < -0.3 is 16.4 Å². The highest BCUT2D eigenvalue weighted by Gasteiger charge is 2.17. The minimum Gasteiger partial charge on any atom is -0.365 e. The second kappa shape index (κ2) is 8.16. The normalized spacial score (nSPS) is 13.3. The van der Waals surface area contributed by atoms with Crippen LogP contribution in [0.4, 0.5) is 17.5 Å². The number of aryl methyl sites for hydroxylation is 1. The number of aromatic amines is 1. The fourth-order valence-corrected chi connectivity index (χ4v) is 3.82. The average Bonchev–Trinajstić information content (AvgIpc) is 3.22.